The minimum absolute atomic E-state index is 0.00807. The van der Waals surface area contributed by atoms with Gasteiger partial charge in [0.2, 0.25) is 5.91 Å². The van der Waals surface area contributed by atoms with E-state index in [1.54, 1.807) is 16.7 Å². The Morgan fingerprint density at radius 1 is 1.40 bits per heavy atom. The lowest BCUT2D eigenvalue weighted by Crippen LogP contribution is -2.32. The zero-order valence-electron chi connectivity index (χ0n) is 14.0. The second kappa shape index (κ2) is 8.43. The summed E-state index contributed by atoms with van der Waals surface area (Å²) in [7, 11) is 0. The maximum atomic E-state index is 12.3. The number of rotatable bonds is 6. The Hall–Kier alpha value is -1.24. The summed E-state index contributed by atoms with van der Waals surface area (Å²) in [4.78, 5) is 12.3. The molecule has 0 spiro atoms. The summed E-state index contributed by atoms with van der Waals surface area (Å²) in [5.41, 5.74) is 1.99. The number of nitrogens with one attached hydrogen (secondary N) is 1. The lowest BCUT2D eigenvalue weighted by atomic mass is 9.97. The van der Waals surface area contributed by atoms with Gasteiger partial charge in [-0.05, 0) is 45.1 Å². The quantitative estimate of drug-likeness (QED) is 0.573. The van der Waals surface area contributed by atoms with Gasteiger partial charge in [-0.1, -0.05) is 46.6 Å². The van der Waals surface area contributed by atoms with E-state index in [4.69, 9.17) is 23.2 Å². The summed E-state index contributed by atoms with van der Waals surface area (Å²) >= 11 is 13.5. The van der Waals surface area contributed by atoms with Crippen molar-refractivity contribution in [2.24, 2.45) is 0 Å². The van der Waals surface area contributed by atoms with E-state index < -0.39 is 0 Å². The van der Waals surface area contributed by atoms with Gasteiger partial charge in [-0.2, -0.15) is 0 Å². The highest BCUT2D eigenvalue weighted by Crippen LogP contribution is 2.27. The molecule has 0 saturated carbocycles. The third-order valence-corrected chi connectivity index (χ3v) is 5.72. The van der Waals surface area contributed by atoms with E-state index in [1.165, 1.54) is 36.6 Å². The summed E-state index contributed by atoms with van der Waals surface area (Å²) in [5, 5.41) is 12.4. The molecule has 1 N–H and O–H groups in total. The van der Waals surface area contributed by atoms with E-state index in [-0.39, 0.29) is 11.2 Å². The predicted octanol–water partition coefficient (Wildman–Crippen LogP) is 4.52. The number of hydrogen-bond acceptors (Lipinski definition) is 4. The minimum atomic E-state index is -0.287. The Morgan fingerprint density at radius 2 is 2.24 bits per heavy atom. The topological polar surface area (TPSA) is 59.3 Å². The summed E-state index contributed by atoms with van der Waals surface area (Å²) in [6, 6.07) is 1.62. The Morgan fingerprint density at radius 3 is 3.00 bits per heavy atom. The van der Waals surface area contributed by atoms with Crippen molar-refractivity contribution >= 4 is 46.5 Å². The van der Waals surface area contributed by atoms with Crippen molar-refractivity contribution in [1.29, 1.82) is 0 Å². The summed E-state index contributed by atoms with van der Waals surface area (Å²) in [6.07, 6.45) is 9.81. The van der Waals surface area contributed by atoms with Crippen LogP contribution in [0.25, 0.3) is 5.65 Å². The van der Waals surface area contributed by atoms with Crippen molar-refractivity contribution in [3.63, 3.8) is 0 Å². The van der Waals surface area contributed by atoms with E-state index in [2.05, 4.69) is 21.6 Å². The molecule has 0 aromatic carbocycles. The Balaban J connectivity index is 1.57. The van der Waals surface area contributed by atoms with E-state index >= 15 is 0 Å². The SMILES string of the molecule is C[C@@H](Sc1nnc2c(Cl)cc(Cl)cn12)C(=O)NCCC1=CCCCC1. The standard InChI is InChI=1S/C17H20Cl2N4OS/c1-11(16(24)20-8-7-12-5-3-2-4-6-12)25-17-22-21-15-14(19)9-13(18)10-23(15)17/h5,9-11H,2-4,6-8H2,1H3,(H,20,24)/t11-/m1/s1. The molecule has 2 aromatic rings. The van der Waals surface area contributed by atoms with E-state index in [1.807, 2.05) is 6.92 Å². The van der Waals surface area contributed by atoms with Gasteiger partial charge in [-0.15, -0.1) is 10.2 Å². The Labute approximate surface area is 161 Å². The molecule has 1 aliphatic rings. The van der Waals surface area contributed by atoms with Gasteiger partial charge in [0.15, 0.2) is 10.8 Å². The highest BCUT2D eigenvalue weighted by Gasteiger charge is 2.19. The van der Waals surface area contributed by atoms with Crippen molar-refractivity contribution < 1.29 is 4.79 Å². The molecule has 5 nitrogen and oxygen atoms in total. The number of hydrogen-bond donors (Lipinski definition) is 1. The first-order valence-electron chi connectivity index (χ1n) is 8.36. The number of allylic oxidation sites excluding steroid dienone is 1. The fraction of sp³-hybridized carbons (Fsp3) is 0.471. The number of thioether (sulfide) groups is 1. The van der Waals surface area contributed by atoms with Gasteiger partial charge in [-0.3, -0.25) is 9.20 Å². The second-order valence-corrected chi connectivity index (χ2v) is 8.24. The molecule has 2 aromatic heterocycles. The molecule has 0 radical (unpaired) electrons. The van der Waals surface area contributed by atoms with Crippen LogP contribution in [0.4, 0.5) is 0 Å². The van der Waals surface area contributed by atoms with E-state index in [0.29, 0.717) is 27.4 Å². The predicted molar refractivity (Wildman–Crippen MR) is 103 cm³/mol. The molecule has 1 atom stereocenters. The molecule has 0 fully saturated rings. The van der Waals surface area contributed by atoms with Crippen LogP contribution in [0.2, 0.25) is 10.0 Å². The number of carbonyl (C=O) groups excluding carboxylic acids is 1. The summed E-state index contributed by atoms with van der Waals surface area (Å²) in [6.45, 7) is 2.53. The van der Waals surface area contributed by atoms with Gasteiger partial charge in [0.25, 0.3) is 0 Å². The van der Waals surface area contributed by atoms with Crippen LogP contribution in [0.1, 0.15) is 39.0 Å². The molecule has 8 heteroatoms. The number of amides is 1. The van der Waals surface area contributed by atoms with Crippen molar-refractivity contribution in [2.75, 3.05) is 6.54 Å². The van der Waals surface area contributed by atoms with Crippen molar-refractivity contribution in [2.45, 2.75) is 49.4 Å². The molecule has 2 heterocycles. The van der Waals surface area contributed by atoms with E-state index in [9.17, 15) is 4.79 Å². The van der Waals surface area contributed by atoms with Gasteiger partial charge in [0, 0.05) is 12.7 Å². The third-order valence-electron chi connectivity index (χ3n) is 4.18. The molecule has 25 heavy (non-hydrogen) atoms. The molecular weight excluding hydrogens is 379 g/mol. The van der Waals surface area contributed by atoms with Crippen LogP contribution in [0.15, 0.2) is 29.1 Å². The molecule has 0 unspecified atom stereocenters. The fourth-order valence-corrected chi connectivity index (χ4v) is 4.17. The van der Waals surface area contributed by atoms with Crippen molar-refractivity contribution in [3.05, 3.63) is 34.0 Å². The maximum absolute atomic E-state index is 12.3. The molecule has 1 aliphatic carbocycles. The average Bonchev–Trinajstić information content (AvgIpc) is 2.98. The number of pyridine rings is 1. The number of nitrogens with zero attached hydrogens (tertiary/aromatic N) is 3. The normalized spacial score (nSPS) is 15.9. The lowest BCUT2D eigenvalue weighted by molar-refractivity contribution is -0.120. The summed E-state index contributed by atoms with van der Waals surface area (Å²) in [5.74, 6) is -0.00807. The molecular formula is C17H20Cl2N4OS. The van der Waals surface area contributed by atoms with Crippen LogP contribution in [0, 0.1) is 0 Å². The van der Waals surface area contributed by atoms with Crippen LogP contribution in [0.3, 0.4) is 0 Å². The highest BCUT2D eigenvalue weighted by atomic mass is 35.5. The Bertz CT molecular complexity index is 805. The molecule has 134 valence electrons. The number of aromatic nitrogens is 3. The van der Waals surface area contributed by atoms with Gasteiger partial charge < -0.3 is 5.32 Å². The maximum Gasteiger partial charge on any atom is 0.233 e. The van der Waals surface area contributed by atoms with Gasteiger partial charge in [0.1, 0.15) is 0 Å². The van der Waals surface area contributed by atoms with E-state index in [0.717, 1.165) is 12.8 Å². The van der Waals surface area contributed by atoms with Crippen molar-refractivity contribution in [3.8, 4) is 0 Å². The lowest BCUT2D eigenvalue weighted by Gasteiger charge is -2.14. The Kier molecular flexibility index (Phi) is 6.25. The number of halogens is 2. The zero-order valence-corrected chi connectivity index (χ0v) is 16.3. The highest BCUT2D eigenvalue weighted by molar-refractivity contribution is 8.00. The number of fused-ring (bicyclic) bond motifs is 1. The first kappa shape index (κ1) is 18.5. The molecule has 0 saturated heterocycles. The van der Waals surface area contributed by atoms with Crippen LogP contribution >= 0.6 is 35.0 Å². The van der Waals surface area contributed by atoms with Crippen LogP contribution < -0.4 is 5.32 Å². The van der Waals surface area contributed by atoms with Crippen molar-refractivity contribution in [1.82, 2.24) is 19.9 Å². The van der Waals surface area contributed by atoms with Crippen LogP contribution in [-0.4, -0.2) is 32.3 Å². The fourth-order valence-electron chi connectivity index (χ4n) is 2.82. The minimum Gasteiger partial charge on any atom is -0.355 e. The monoisotopic (exact) mass is 398 g/mol. The molecule has 1 amide bonds. The molecule has 3 rings (SSSR count). The van der Waals surface area contributed by atoms with Gasteiger partial charge in [-0.25, -0.2) is 0 Å². The third kappa shape index (κ3) is 4.68. The summed E-state index contributed by atoms with van der Waals surface area (Å²) < 4.78 is 1.71. The first-order valence-corrected chi connectivity index (χ1v) is 10.00. The average molecular weight is 399 g/mol. The zero-order chi connectivity index (χ0) is 17.8. The van der Waals surface area contributed by atoms with Gasteiger partial charge in [0.05, 0.1) is 15.3 Å². The largest absolute Gasteiger partial charge is 0.355 e. The molecule has 0 aliphatic heterocycles. The van der Waals surface area contributed by atoms with Crippen LogP contribution in [-0.2, 0) is 4.79 Å². The smallest absolute Gasteiger partial charge is 0.233 e. The van der Waals surface area contributed by atoms with Gasteiger partial charge >= 0.3 is 0 Å². The van der Waals surface area contributed by atoms with Crippen LogP contribution in [0.5, 0.6) is 0 Å². The first-order chi connectivity index (χ1) is 12.0. The molecule has 0 bridgehead atoms. The second-order valence-electron chi connectivity index (χ2n) is 6.09. The number of carbonyl (C=O) groups is 1.